The van der Waals surface area contributed by atoms with Crippen LogP contribution >= 0.6 is 0 Å². The number of morpholine rings is 1. The Kier molecular flexibility index (Phi) is 5.69. The number of hydrogen-bond donors (Lipinski definition) is 1. The molecule has 0 unspecified atom stereocenters. The molecule has 1 saturated heterocycles. The van der Waals surface area contributed by atoms with Crippen LogP contribution in [0.4, 0.5) is 5.69 Å². The number of hydrogen-bond acceptors (Lipinski definition) is 5. The second-order valence-electron chi connectivity index (χ2n) is 7.23. The number of carbonyl (C=O) groups excluding carboxylic acids is 1. The summed E-state index contributed by atoms with van der Waals surface area (Å²) in [5.74, 6) is -0.165. The van der Waals surface area contributed by atoms with Gasteiger partial charge in [0.1, 0.15) is 0 Å². The molecule has 7 nitrogen and oxygen atoms in total. The Morgan fingerprint density at radius 2 is 1.76 bits per heavy atom. The molecule has 0 saturated carbocycles. The van der Waals surface area contributed by atoms with Gasteiger partial charge in [-0.1, -0.05) is 30.3 Å². The molecule has 4 rings (SSSR count). The Labute approximate surface area is 168 Å². The monoisotopic (exact) mass is 392 g/mol. The van der Waals surface area contributed by atoms with E-state index in [1.54, 1.807) is 13.1 Å². The van der Waals surface area contributed by atoms with Gasteiger partial charge in [-0.2, -0.15) is 5.10 Å². The van der Waals surface area contributed by atoms with Gasteiger partial charge in [-0.15, -0.1) is 0 Å². The summed E-state index contributed by atoms with van der Waals surface area (Å²) in [5, 5.41) is 8.49. The van der Waals surface area contributed by atoms with Crippen molar-refractivity contribution >= 4 is 22.4 Å². The average Bonchev–Trinajstić information content (AvgIpc) is 2.74. The van der Waals surface area contributed by atoms with E-state index in [1.807, 2.05) is 42.5 Å². The molecule has 2 aromatic carbocycles. The number of aryl methyl sites for hydroxylation is 1. The standard InChI is InChI=1S/C22H24N4O3/c1-25-22(28)19-5-3-2-4-18(19)20(24-25)14-21(27)23-17-8-6-16(7-9-17)15-26-10-12-29-13-11-26/h2-9H,10-15H2,1H3,(H,23,27). The summed E-state index contributed by atoms with van der Waals surface area (Å²) in [6.07, 6.45) is 0.101. The van der Waals surface area contributed by atoms with Gasteiger partial charge in [0.25, 0.3) is 5.56 Å². The molecule has 150 valence electrons. The molecule has 29 heavy (non-hydrogen) atoms. The molecule has 1 aliphatic heterocycles. The summed E-state index contributed by atoms with van der Waals surface area (Å²) in [4.78, 5) is 27.1. The summed E-state index contributed by atoms with van der Waals surface area (Å²) in [7, 11) is 1.60. The first-order valence-corrected chi connectivity index (χ1v) is 9.74. The fourth-order valence-corrected chi connectivity index (χ4v) is 3.57. The van der Waals surface area contributed by atoms with Crippen molar-refractivity contribution in [2.75, 3.05) is 31.6 Å². The van der Waals surface area contributed by atoms with Crippen molar-refractivity contribution in [1.29, 1.82) is 0 Å². The highest BCUT2D eigenvalue weighted by atomic mass is 16.5. The third kappa shape index (κ3) is 4.52. The zero-order valence-electron chi connectivity index (χ0n) is 16.4. The topological polar surface area (TPSA) is 76.5 Å². The van der Waals surface area contributed by atoms with Crippen LogP contribution in [0.15, 0.2) is 53.3 Å². The Morgan fingerprint density at radius 1 is 1.07 bits per heavy atom. The summed E-state index contributed by atoms with van der Waals surface area (Å²) in [6, 6.07) is 15.1. The number of aromatic nitrogens is 2. The number of benzene rings is 2. The van der Waals surface area contributed by atoms with Crippen molar-refractivity contribution in [2.45, 2.75) is 13.0 Å². The molecule has 0 bridgehead atoms. The van der Waals surface area contributed by atoms with Crippen LogP contribution in [0, 0.1) is 0 Å². The highest BCUT2D eigenvalue weighted by Gasteiger charge is 2.13. The molecule has 0 aliphatic carbocycles. The number of rotatable bonds is 5. The third-order valence-corrected chi connectivity index (χ3v) is 5.11. The van der Waals surface area contributed by atoms with Crippen molar-refractivity contribution in [2.24, 2.45) is 7.05 Å². The number of ether oxygens (including phenoxy) is 1. The maximum atomic E-state index is 12.6. The van der Waals surface area contributed by atoms with E-state index in [1.165, 1.54) is 10.2 Å². The van der Waals surface area contributed by atoms with Crippen molar-refractivity contribution in [3.8, 4) is 0 Å². The second kappa shape index (κ2) is 8.55. The quantitative estimate of drug-likeness (QED) is 0.718. The molecule has 1 aromatic heterocycles. The van der Waals surface area contributed by atoms with Gasteiger partial charge in [-0.05, 0) is 23.8 Å². The first kappa shape index (κ1) is 19.3. The summed E-state index contributed by atoms with van der Waals surface area (Å²) < 4.78 is 6.66. The number of anilines is 1. The normalized spacial score (nSPS) is 14.8. The SMILES string of the molecule is Cn1nc(CC(=O)Nc2ccc(CN3CCOCC3)cc2)c2ccccc2c1=O. The minimum atomic E-state index is -0.166. The van der Waals surface area contributed by atoms with E-state index in [9.17, 15) is 9.59 Å². The van der Waals surface area contributed by atoms with Gasteiger partial charge >= 0.3 is 0 Å². The molecule has 3 aromatic rings. The molecule has 0 radical (unpaired) electrons. The Bertz CT molecular complexity index is 1070. The second-order valence-corrected chi connectivity index (χ2v) is 7.23. The molecule has 1 fully saturated rings. The van der Waals surface area contributed by atoms with Gasteiger partial charge in [-0.25, -0.2) is 4.68 Å². The number of nitrogens with one attached hydrogen (secondary N) is 1. The van der Waals surface area contributed by atoms with E-state index in [-0.39, 0.29) is 17.9 Å². The largest absolute Gasteiger partial charge is 0.379 e. The van der Waals surface area contributed by atoms with Crippen molar-refractivity contribution in [3.63, 3.8) is 0 Å². The summed E-state index contributed by atoms with van der Waals surface area (Å²) >= 11 is 0. The lowest BCUT2D eigenvalue weighted by atomic mass is 10.1. The Morgan fingerprint density at radius 3 is 2.48 bits per heavy atom. The predicted octanol–water partition coefficient (Wildman–Crippen LogP) is 1.95. The highest BCUT2D eigenvalue weighted by molar-refractivity contribution is 5.95. The van der Waals surface area contributed by atoms with Crippen molar-refractivity contribution in [1.82, 2.24) is 14.7 Å². The van der Waals surface area contributed by atoms with Crippen LogP contribution in [0.1, 0.15) is 11.3 Å². The van der Waals surface area contributed by atoms with E-state index in [0.717, 1.165) is 38.5 Å². The van der Waals surface area contributed by atoms with E-state index in [4.69, 9.17) is 4.74 Å². The van der Waals surface area contributed by atoms with Crippen LogP contribution in [-0.4, -0.2) is 46.9 Å². The van der Waals surface area contributed by atoms with Crippen LogP contribution in [0.2, 0.25) is 0 Å². The van der Waals surface area contributed by atoms with Crippen LogP contribution in [-0.2, 0) is 29.5 Å². The van der Waals surface area contributed by atoms with E-state index in [2.05, 4.69) is 15.3 Å². The Balaban J connectivity index is 1.43. The molecular formula is C22H24N4O3. The number of carbonyl (C=O) groups is 1. The van der Waals surface area contributed by atoms with Crippen LogP contribution in [0.25, 0.3) is 10.8 Å². The molecule has 1 N–H and O–H groups in total. The van der Waals surface area contributed by atoms with Gasteiger partial charge in [-0.3, -0.25) is 14.5 Å². The number of nitrogens with zero attached hydrogens (tertiary/aromatic N) is 3. The zero-order chi connectivity index (χ0) is 20.2. The van der Waals surface area contributed by atoms with Gasteiger partial charge < -0.3 is 10.1 Å². The smallest absolute Gasteiger partial charge is 0.274 e. The minimum Gasteiger partial charge on any atom is -0.379 e. The predicted molar refractivity (Wildman–Crippen MR) is 112 cm³/mol. The van der Waals surface area contributed by atoms with Crippen LogP contribution in [0.3, 0.4) is 0 Å². The van der Waals surface area contributed by atoms with Gasteiger partial charge in [0.05, 0.1) is 30.7 Å². The summed E-state index contributed by atoms with van der Waals surface area (Å²) in [6.45, 7) is 4.33. The van der Waals surface area contributed by atoms with Gasteiger partial charge in [0.2, 0.25) is 5.91 Å². The maximum Gasteiger partial charge on any atom is 0.274 e. The fourth-order valence-electron chi connectivity index (χ4n) is 3.57. The van der Waals surface area contributed by atoms with Crippen LogP contribution < -0.4 is 10.9 Å². The summed E-state index contributed by atoms with van der Waals surface area (Å²) in [5.41, 5.74) is 2.37. The van der Waals surface area contributed by atoms with Crippen LogP contribution in [0.5, 0.6) is 0 Å². The molecule has 7 heteroatoms. The highest BCUT2D eigenvalue weighted by Crippen LogP contribution is 2.16. The molecule has 2 heterocycles. The van der Waals surface area contributed by atoms with E-state index in [0.29, 0.717) is 16.5 Å². The third-order valence-electron chi connectivity index (χ3n) is 5.11. The van der Waals surface area contributed by atoms with Gasteiger partial charge in [0, 0.05) is 37.8 Å². The van der Waals surface area contributed by atoms with Gasteiger partial charge in [0.15, 0.2) is 0 Å². The average molecular weight is 392 g/mol. The Hall–Kier alpha value is -3.03. The minimum absolute atomic E-state index is 0.101. The molecule has 1 amide bonds. The van der Waals surface area contributed by atoms with E-state index >= 15 is 0 Å². The lowest BCUT2D eigenvalue weighted by Crippen LogP contribution is -2.35. The van der Waals surface area contributed by atoms with Crippen molar-refractivity contribution in [3.05, 3.63) is 70.1 Å². The molecule has 0 atom stereocenters. The van der Waals surface area contributed by atoms with E-state index < -0.39 is 0 Å². The lowest BCUT2D eigenvalue weighted by Gasteiger charge is -2.26. The zero-order valence-corrected chi connectivity index (χ0v) is 16.4. The number of amides is 1. The fraction of sp³-hybridized carbons (Fsp3) is 0.318. The molecule has 0 spiro atoms. The first-order valence-electron chi connectivity index (χ1n) is 9.74. The maximum absolute atomic E-state index is 12.6. The van der Waals surface area contributed by atoms with Crippen molar-refractivity contribution < 1.29 is 9.53 Å². The molecule has 1 aliphatic rings. The lowest BCUT2D eigenvalue weighted by molar-refractivity contribution is -0.115. The molecular weight excluding hydrogens is 368 g/mol. The first-order chi connectivity index (χ1) is 14.1. The number of fused-ring (bicyclic) bond motifs is 1.